The summed E-state index contributed by atoms with van der Waals surface area (Å²) >= 11 is 3.25. The van der Waals surface area contributed by atoms with Crippen molar-refractivity contribution in [2.45, 2.75) is 12.3 Å². The first kappa shape index (κ1) is 12.0. The number of hydrogen-bond donors (Lipinski definition) is 0. The number of carbonyl (C=O) groups excluding carboxylic acids is 1. The molecule has 0 N–H and O–H groups in total. The lowest BCUT2D eigenvalue weighted by Crippen LogP contribution is -1.82. The van der Waals surface area contributed by atoms with Crippen LogP contribution < -0.4 is 0 Å². The van der Waals surface area contributed by atoms with Gasteiger partial charge in [-0.2, -0.15) is 0 Å². The molecule has 0 aromatic carbocycles. The summed E-state index contributed by atoms with van der Waals surface area (Å²) in [6, 6.07) is 0. The van der Waals surface area contributed by atoms with Crippen molar-refractivity contribution in [3.8, 4) is 0 Å². The Morgan fingerprint density at radius 3 is 2.62 bits per heavy atom. The smallest absolute Gasteiger partial charge is 0.293 e. The van der Waals surface area contributed by atoms with Gasteiger partial charge in [0.15, 0.2) is 0 Å². The maximum Gasteiger partial charge on any atom is 0.293 e. The summed E-state index contributed by atoms with van der Waals surface area (Å²) in [5, 5.41) is 0.779. The highest BCUT2D eigenvalue weighted by Gasteiger charge is 1.84. The second kappa shape index (κ2) is 9.12. The second-order valence-electron chi connectivity index (χ2n) is 1.88. The van der Waals surface area contributed by atoms with Gasteiger partial charge in [-0.3, -0.25) is 14.8 Å². The lowest BCUT2D eigenvalue weighted by molar-refractivity contribution is -0.128. The fourth-order valence-corrected chi connectivity index (χ4v) is 0.757. The summed E-state index contributed by atoms with van der Waals surface area (Å²) in [6.45, 7) is 2.66. The number of halogens is 1. The molecular formula is C8H11BrN2O2. The van der Waals surface area contributed by atoms with Crippen molar-refractivity contribution in [1.82, 2.24) is 9.97 Å². The van der Waals surface area contributed by atoms with Gasteiger partial charge in [-0.15, -0.1) is 0 Å². The third-order valence-electron chi connectivity index (χ3n) is 0.988. The van der Waals surface area contributed by atoms with Crippen molar-refractivity contribution in [2.24, 2.45) is 0 Å². The summed E-state index contributed by atoms with van der Waals surface area (Å²) in [5.74, 6) is 0. The van der Waals surface area contributed by atoms with Gasteiger partial charge in [-0.05, 0) is 6.92 Å². The Morgan fingerprint density at radius 2 is 2.38 bits per heavy atom. The van der Waals surface area contributed by atoms with E-state index in [-0.39, 0.29) is 0 Å². The number of rotatable bonds is 3. The zero-order valence-electron chi connectivity index (χ0n) is 7.31. The lowest BCUT2D eigenvalue weighted by Gasteiger charge is -1.86. The Hall–Kier alpha value is -0.970. The zero-order valence-corrected chi connectivity index (χ0v) is 8.90. The van der Waals surface area contributed by atoms with E-state index < -0.39 is 0 Å². The molecule has 0 aliphatic rings. The molecule has 0 radical (unpaired) electrons. The lowest BCUT2D eigenvalue weighted by atomic mass is 10.5. The molecule has 1 rings (SSSR count). The van der Waals surface area contributed by atoms with E-state index in [1.54, 1.807) is 25.5 Å². The molecule has 0 amide bonds. The van der Waals surface area contributed by atoms with Crippen LogP contribution >= 0.6 is 15.9 Å². The van der Waals surface area contributed by atoms with Crippen molar-refractivity contribution < 1.29 is 9.53 Å². The van der Waals surface area contributed by atoms with Crippen LogP contribution in [0.1, 0.15) is 12.6 Å². The molecule has 1 heterocycles. The van der Waals surface area contributed by atoms with Gasteiger partial charge in [0.2, 0.25) is 0 Å². The van der Waals surface area contributed by atoms with Gasteiger partial charge in [0.05, 0.1) is 12.3 Å². The van der Waals surface area contributed by atoms with Gasteiger partial charge in [0.25, 0.3) is 6.47 Å². The van der Waals surface area contributed by atoms with Crippen molar-refractivity contribution in [3.05, 3.63) is 24.3 Å². The Bertz CT molecular complexity index is 219. The predicted molar refractivity (Wildman–Crippen MR) is 52.4 cm³/mol. The number of alkyl halides is 1. The Balaban J connectivity index is 0.000000252. The highest BCUT2D eigenvalue weighted by atomic mass is 79.9. The number of ether oxygens (including phenoxy) is 1. The molecule has 0 unspecified atom stereocenters. The molecule has 1 aromatic rings. The van der Waals surface area contributed by atoms with Gasteiger partial charge in [0.1, 0.15) is 0 Å². The molecule has 0 aliphatic heterocycles. The number of aromatic nitrogens is 2. The third-order valence-corrected chi connectivity index (χ3v) is 1.56. The van der Waals surface area contributed by atoms with E-state index in [1.165, 1.54) is 0 Å². The van der Waals surface area contributed by atoms with Crippen molar-refractivity contribution in [3.63, 3.8) is 0 Å². The van der Waals surface area contributed by atoms with E-state index in [9.17, 15) is 4.79 Å². The summed E-state index contributed by atoms with van der Waals surface area (Å²) in [5.41, 5.74) is 0.965. The Labute approximate surface area is 85.5 Å². The van der Waals surface area contributed by atoms with E-state index >= 15 is 0 Å². The summed E-state index contributed by atoms with van der Waals surface area (Å²) in [6.07, 6.45) is 5.07. The number of nitrogens with zero attached hydrogens (tertiary/aromatic N) is 2. The monoisotopic (exact) mass is 246 g/mol. The fraction of sp³-hybridized carbons (Fsp3) is 0.375. The van der Waals surface area contributed by atoms with Crippen LogP contribution in [0.15, 0.2) is 18.6 Å². The minimum absolute atomic E-state index is 0.431. The molecule has 0 aliphatic carbocycles. The Morgan fingerprint density at radius 1 is 1.62 bits per heavy atom. The van der Waals surface area contributed by atoms with Crippen LogP contribution in [0.3, 0.4) is 0 Å². The normalized spacial score (nSPS) is 8.15. The van der Waals surface area contributed by atoms with Gasteiger partial charge in [0, 0.05) is 23.9 Å². The fourth-order valence-electron chi connectivity index (χ4n) is 0.467. The summed E-state index contributed by atoms with van der Waals surface area (Å²) in [7, 11) is 0. The topological polar surface area (TPSA) is 52.1 Å². The predicted octanol–water partition coefficient (Wildman–Crippen LogP) is 1.55. The molecule has 0 saturated carbocycles. The average molecular weight is 247 g/mol. The van der Waals surface area contributed by atoms with Crippen molar-refractivity contribution >= 4 is 22.4 Å². The van der Waals surface area contributed by atoms with Crippen LogP contribution in [0.25, 0.3) is 0 Å². The number of hydrogen-bond acceptors (Lipinski definition) is 4. The molecule has 5 heteroatoms. The molecule has 0 spiro atoms. The molecule has 0 atom stereocenters. The van der Waals surface area contributed by atoms with E-state index in [4.69, 9.17) is 0 Å². The van der Waals surface area contributed by atoms with Crippen LogP contribution in [0.4, 0.5) is 0 Å². The molecule has 72 valence electrons. The zero-order chi connectivity index (χ0) is 9.94. The molecule has 1 aromatic heterocycles. The first-order valence-corrected chi connectivity index (χ1v) is 4.83. The first-order chi connectivity index (χ1) is 6.35. The van der Waals surface area contributed by atoms with Crippen LogP contribution in [0, 0.1) is 0 Å². The average Bonchev–Trinajstić information content (AvgIpc) is 2.21. The van der Waals surface area contributed by atoms with Crippen LogP contribution in [0.5, 0.6) is 0 Å². The Kier molecular flexibility index (Phi) is 8.44. The van der Waals surface area contributed by atoms with Crippen molar-refractivity contribution in [1.29, 1.82) is 0 Å². The van der Waals surface area contributed by atoms with Crippen molar-refractivity contribution in [2.75, 3.05) is 6.61 Å². The SMILES string of the molecule is BrCc1cnccn1.CCOC=O. The minimum atomic E-state index is 0.431. The van der Waals surface area contributed by atoms with E-state index in [1.807, 2.05) is 0 Å². The molecule has 0 bridgehead atoms. The first-order valence-electron chi connectivity index (χ1n) is 3.71. The van der Waals surface area contributed by atoms with E-state index in [0.717, 1.165) is 11.0 Å². The van der Waals surface area contributed by atoms with Crippen LogP contribution in [0.2, 0.25) is 0 Å². The van der Waals surface area contributed by atoms with Crippen LogP contribution in [-0.2, 0) is 14.9 Å². The molecule has 0 fully saturated rings. The van der Waals surface area contributed by atoms with Gasteiger partial charge in [-0.25, -0.2) is 0 Å². The largest absolute Gasteiger partial charge is 0.468 e. The van der Waals surface area contributed by atoms with Gasteiger partial charge < -0.3 is 4.74 Å². The van der Waals surface area contributed by atoms with E-state index in [2.05, 4.69) is 30.6 Å². The molecule has 0 saturated heterocycles. The van der Waals surface area contributed by atoms with Gasteiger partial charge in [-0.1, -0.05) is 15.9 Å². The standard InChI is InChI=1S/C5H5BrN2.C3H6O2/c6-3-5-4-7-1-2-8-5;1-2-5-3-4/h1-2,4H,3H2;3H,2H2,1H3. The second-order valence-corrected chi connectivity index (χ2v) is 2.44. The highest BCUT2D eigenvalue weighted by Crippen LogP contribution is 1.95. The van der Waals surface area contributed by atoms with Gasteiger partial charge >= 0.3 is 0 Å². The summed E-state index contributed by atoms with van der Waals surface area (Å²) in [4.78, 5) is 17.0. The third kappa shape index (κ3) is 7.39. The maximum atomic E-state index is 9.18. The molecule has 4 nitrogen and oxygen atoms in total. The maximum absolute atomic E-state index is 9.18. The summed E-state index contributed by atoms with van der Waals surface area (Å²) < 4.78 is 4.15. The molecular weight excluding hydrogens is 236 g/mol. The number of carbonyl (C=O) groups is 1. The van der Waals surface area contributed by atoms with E-state index in [0.29, 0.717) is 13.1 Å². The minimum Gasteiger partial charge on any atom is -0.468 e. The quantitative estimate of drug-likeness (QED) is 0.600. The molecule has 13 heavy (non-hydrogen) atoms. The highest BCUT2D eigenvalue weighted by molar-refractivity contribution is 9.08. The van der Waals surface area contributed by atoms with Crippen LogP contribution in [-0.4, -0.2) is 23.0 Å².